The molecule has 3 heterocycles. The van der Waals surface area contributed by atoms with Gasteiger partial charge in [-0.2, -0.15) is 0 Å². The molecule has 1 amide bonds. The number of methoxy groups -OCH3 is 2. The van der Waals surface area contributed by atoms with Crippen molar-refractivity contribution in [1.82, 2.24) is 9.91 Å². The number of amides is 1. The first-order valence-electron chi connectivity index (χ1n) is 11.9. The van der Waals surface area contributed by atoms with Gasteiger partial charge < -0.3 is 19.1 Å². The molecule has 0 aliphatic carbocycles. The van der Waals surface area contributed by atoms with Crippen LogP contribution in [0.4, 0.5) is 5.69 Å². The number of rotatable bonds is 6. The van der Waals surface area contributed by atoms with Gasteiger partial charge in [-0.3, -0.25) is 4.79 Å². The molecule has 0 N–H and O–H groups in total. The van der Waals surface area contributed by atoms with Gasteiger partial charge in [0.2, 0.25) is 5.91 Å². The Hall–Kier alpha value is -2.61. The zero-order chi connectivity index (χ0) is 22.8. The first-order valence-corrected chi connectivity index (χ1v) is 11.9. The molecule has 7 heteroatoms. The first-order chi connectivity index (χ1) is 16.2. The largest absolute Gasteiger partial charge is 0.493 e. The highest BCUT2D eigenvalue weighted by atomic mass is 16.5. The number of hydrazine groups is 1. The summed E-state index contributed by atoms with van der Waals surface area (Å²) < 4.78 is 17.3. The molecule has 3 aliphatic heterocycles. The van der Waals surface area contributed by atoms with E-state index in [1.165, 1.54) is 11.1 Å². The van der Waals surface area contributed by atoms with Crippen LogP contribution in [0.15, 0.2) is 36.4 Å². The van der Waals surface area contributed by atoms with Crippen LogP contribution in [0.25, 0.3) is 0 Å². The monoisotopic (exact) mass is 451 g/mol. The summed E-state index contributed by atoms with van der Waals surface area (Å²) in [5.41, 5.74) is 4.69. The van der Waals surface area contributed by atoms with Gasteiger partial charge in [0.25, 0.3) is 0 Å². The molecule has 1 saturated heterocycles. The fourth-order valence-electron chi connectivity index (χ4n) is 5.28. The average molecular weight is 452 g/mol. The molecule has 0 radical (unpaired) electrons. The van der Waals surface area contributed by atoms with Crippen molar-refractivity contribution < 1.29 is 19.0 Å². The number of nitrogens with zero attached hydrogens (tertiary/aromatic N) is 3. The van der Waals surface area contributed by atoms with Crippen molar-refractivity contribution in [3.05, 3.63) is 53.1 Å². The molecule has 2 aromatic rings. The molecule has 0 saturated carbocycles. The number of hydrogen-bond donors (Lipinski definition) is 0. The zero-order valence-corrected chi connectivity index (χ0v) is 19.6. The fraction of sp³-hybridized carbons (Fsp3) is 0.500. The molecule has 0 spiro atoms. The van der Waals surface area contributed by atoms with E-state index < -0.39 is 0 Å². The lowest BCUT2D eigenvalue weighted by atomic mass is 9.97. The molecule has 0 aromatic heterocycles. The van der Waals surface area contributed by atoms with Gasteiger partial charge in [-0.1, -0.05) is 18.2 Å². The standard InChI is InChI=1S/C26H33N3O4/c1-31-24-16-19-7-5-15-33-23(21(19)18-25(24)32-2)9-10-27-11-13-28(14-12-27)29-22-8-4-3-6-20(22)17-26(29)30/h3-4,6,8,16,18,23H,5,7,9-15,17H2,1-2H3. The van der Waals surface area contributed by atoms with Gasteiger partial charge in [-0.05, 0) is 54.2 Å². The first kappa shape index (κ1) is 22.2. The van der Waals surface area contributed by atoms with Crippen molar-refractivity contribution in [2.75, 3.05) is 58.6 Å². The minimum Gasteiger partial charge on any atom is -0.493 e. The van der Waals surface area contributed by atoms with Gasteiger partial charge in [-0.25, -0.2) is 10.0 Å². The van der Waals surface area contributed by atoms with Gasteiger partial charge in [0, 0.05) is 39.3 Å². The molecule has 7 nitrogen and oxygen atoms in total. The van der Waals surface area contributed by atoms with E-state index in [9.17, 15) is 4.79 Å². The lowest BCUT2D eigenvalue weighted by molar-refractivity contribution is -0.120. The summed E-state index contributed by atoms with van der Waals surface area (Å²) in [7, 11) is 3.36. The quantitative estimate of drug-likeness (QED) is 0.672. The van der Waals surface area contributed by atoms with Crippen molar-refractivity contribution in [1.29, 1.82) is 0 Å². The number of fused-ring (bicyclic) bond motifs is 2. The Kier molecular flexibility index (Phi) is 6.53. The Morgan fingerprint density at radius 3 is 2.55 bits per heavy atom. The van der Waals surface area contributed by atoms with Gasteiger partial charge in [0.05, 0.1) is 32.4 Å². The van der Waals surface area contributed by atoms with E-state index in [2.05, 4.69) is 34.2 Å². The number of piperazine rings is 1. The average Bonchev–Trinajstić information content (AvgIpc) is 3.05. The van der Waals surface area contributed by atoms with E-state index >= 15 is 0 Å². The van der Waals surface area contributed by atoms with Crippen LogP contribution in [0, 0.1) is 0 Å². The molecule has 1 unspecified atom stereocenters. The van der Waals surface area contributed by atoms with Crippen molar-refractivity contribution in [2.24, 2.45) is 0 Å². The number of ether oxygens (including phenoxy) is 3. The van der Waals surface area contributed by atoms with Crippen molar-refractivity contribution >= 4 is 11.6 Å². The molecule has 33 heavy (non-hydrogen) atoms. The minimum atomic E-state index is 0.0624. The SMILES string of the molecule is COc1cc2c(cc1OC)C(CCN1CCN(N3C(=O)Cc4ccccc43)CC1)OCCC2. The predicted octanol–water partition coefficient (Wildman–Crippen LogP) is 3.22. The number of anilines is 1. The molecule has 3 aliphatic rings. The highest BCUT2D eigenvalue weighted by molar-refractivity contribution is 6.00. The number of hydrogen-bond acceptors (Lipinski definition) is 6. The van der Waals surface area contributed by atoms with Crippen LogP contribution >= 0.6 is 0 Å². The molecule has 0 bridgehead atoms. The van der Waals surface area contributed by atoms with Gasteiger partial charge in [-0.15, -0.1) is 0 Å². The van der Waals surface area contributed by atoms with Gasteiger partial charge in [0.1, 0.15) is 0 Å². The summed E-state index contributed by atoms with van der Waals surface area (Å²) >= 11 is 0. The summed E-state index contributed by atoms with van der Waals surface area (Å²) in [5.74, 6) is 1.72. The summed E-state index contributed by atoms with van der Waals surface area (Å²) in [6.07, 6.45) is 3.52. The Labute approximate surface area is 195 Å². The Bertz CT molecular complexity index is 1000. The second-order valence-corrected chi connectivity index (χ2v) is 8.96. The molecule has 2 aromatic carbocycles. The van der Waals surface area contributed by atoms with E-state index in [-0.39, 0.29) is 12.0 Å². The number of para-hydroxylation sites is 1. The van der Waals surface area contributed by atoms with E-state index in [0.717, 1.165) is 81.3 Å². The second kappa shape index (κ2) is 9.71. The smallest absolute Gasteiger partial charge is 0.246 e. The topological polar surface area (TPSA) is 54.5 Å². The Balaban J connectivity index is 1.21. The van der Waals surface area contributed by atoms with Crippen molar-refractivity contribution in [2.45, 2.75) is 31.8 Å². The highest BCUT2D eigenvalue weighted by Gasteiger charge is 2.33. The molecule has 176 valence electrons. The third-order valence-corrected chi connectivity index (χ3v) is 7.04. The number of benzene rings is 2. The van der Waals surface area contributed by atoms with Crippen molar-refractivity contribution in [3.8, 4) is 11.5 Å². The minimum absolute atomic E-state index is 0.0624. The van der Waals surface area contributed by atoms with E-state index in [0.29, 0.717) is 6.42 Å². The van der Waals surface area contributed by atoms with Crippen LogP contribution in [-0.4, -0.2) is 69.4 Å². The molecule has 5 rings (SSSR count). The third kappa shape index (κ3) is 4.45. The highest BCUT2D eigenvalue weighted by Crippen LogP contribution is 2.38. The normalized spacial score (nSPS) is 21.5. The summed E-state index contributed by atoms with van der Waals surface area (Å²) in [6, 6.07) is 12.3. The summed E-state index contributed by atoms with van der Waals surface area (Å²) in [6.45, 7) is 5.33. The van der Waals surface area contributed by atoms with Crippen molar-refractivity contribution in [3.63, 3.8) is 0 Å². The molecular formula is C26H33N3O4. The Morgan fingerprint density at radius 2 is 1.76 bits per heavy atom. The van der Waals surface area contributed by atoms with E-state index in [4.69, 9.17) is 14.2 Å². The van der Waals surface area contributed by atoms with Gasteiger partial charge >= 0.3 is 0 Å². The Morgan fingerprint density at radius 1 is 1.00 bits per heavy atom. The molecular weight excluding hydrogens is 418 g/mol. The summed E-state index contributed by atoms with van der Waals surface area (Å²) in [4.78, 5) is 15.1. The maximum Gasteiger partial charge on any atom is 0.246 e. The predicted molar refractivity (Wildman–Crippen MR) is 127 cm³/mol. The maximum atomic E-state index is 12.6. The summed E-state index contributed by atoms with van der Waals surface area (Å²) in [5, 5.41) is 4.11. The van der Waals surface area contributed by atoms with E-state index in [1.807, 2.05) is 17.1 Å². The molecule has 1 fully saturated rings. The second-order valence-electron chi connectivity index (χ2n) is 8.96. The lowest BCUT2D eigenvalue weighted by Crippen LogP contribution is -2.55. The lowest BCUT2D eigenvalue weighted by Gasteiger charge is -2.39. The number of carbonyl (C=O) groups is 1. The van der Waals surface area contributed by atoms with Crippen LogP contribution in [0.2, 0.25) is 0 Å². The number of carbonyl (C=O) groups excluding carboxylic acids is 1. The van der Waals surface area contributed by atoms with Crippen LogP contribution < -0.4 is 14.5 Å². The van der Waals surface area contributed by atoms with Crippen LogP contribution in [0.1, 0.15) is 35.6 Å². The zero-order valence-electron chi connectivity index (χ0n) is 19.6. The van der Waals surface area contributed by atoms with E-state index in [1.54, 1.807) is 14.2 Å². The fourth-order valence-corrected chi connectivity index (χ4v) is 5.28. The van der Waals surface area contributed by atoms with Crippen LogP contribution in [-0.2, 0) is 22.4 Å². The van der Waals surface area contributed by atoms with Gasteiger partial charge in [0.15, 0.2) is 11.5 Å². The van der Waals surface area contributed by atoms with Crippen LogP contribution in [0.5, 0.6) is 11.5 Å². The third-order valence-electron chi connectivity index (χ3n) is 7.04. The molecule has 1 atom stereocenters. The maximum absolute atomic E-state index is 12.6. The number of aryl methyl sites for hydroxylation is 1. The van der Waals surface area contributed by atoms with Crippen LogP contribution in [0.3, 0.4) is 0 Å².